The lowest BCUT2D eigenvalue weighted by atomic mass is 10.3. The number of hydrogen-bond acceptors (Lipinski definition) is 3. The Morgan fingerprint density at radius 3 is 2.86 bits per heavy atom. The minimum atomic E-state index is -0.280. The van der Waals surface area contributed by atoms with Gasteiger partial charge in [-0.05, 0) is 53.0 Å². The van der Waals surface area contributed by atoms with Crippen molar-refractivity contribution >= 4 is 34.8 Å². The van der Waals surface area contributed by atoms with E-state index < -0.39 is 0 Å². The van der Waals surface area contributed by atoms with Crippen molar-refractivity contribution in [1.82, 2.24) is 20.2 Å². The molecule has 72 valence electrons. The van der Waals surface area contributed by atoms with Crippen LogP contribution in [0.1, 0.15) is 0 Å². The van der Waals surface area contributed by atoms with Gasteiger partial charge in [0.05, 0.1) is 5.69 Å². The predicted molar refractivity (Wildman–Crippen MR) is 59.2 cm³/mol. The summed E-state index contributed by atoms with van der Waals surface area (Å²) in [6.07, 6.45) is 0. The van der Waals surface area contributed by atoms with Crippen molar-refractivity contribution in [3.8, 4) is 5.69 Å². The highest BCUT2D eigenvalue weighted by molar-refractivity contribution is 14.1. The van der Waals surface area contributed by atoms with Crippen LogP contribution < -0.4 is 0 Å². The molecule has 0 saturated carbocycles. The maximum Gasteiger partial charge on any atom is 0.242 e. The SMILES string of the molecule is Fc1ccc(-n2[nH]nnc2=S)c(I)c1. The number of aromatic nitrogens is 4. The zero-order chi connectivity index (χ0) is 10.1. The van der Waals surface area contributed by atoms with Crippen molar-refractivity contribution in [2.24, 2.45) is 0 Å². The number of nitrogens with zero attached hydrogens (tertiary/aromatic N) is 3. The number of halogens is 2. The molecule has 4 nitrogen and oxygen atoms in total. The number of rotatable bonds is 1. The summed E-state index contributed by atoms with van der Waals surface area (Å²) >= 11 is 6.94. The molecule has 1 aromatic heterocycles. The standard InChI is InChI=1S/C7H4FIN4S/c8-4-1-2-6(5(9)3-4)13-7(14)10-11-12-13/h1-3H,(H,10,12,14). The van der Waals surface area contributed by atoms with Gasteiger partial charge in [0.2, 0.25) is 4.77 Å². The molecule has 0 saturated heterocycles. The maximum absolute atomic E-state index is 12.8. The van der Waals surface area contributed by atoms with Crippen LogP contribution in [0.2, 0.25) is 0 Å². The van der Waals surface area contributed by atoms with Crippen LogP contribution in [0.15, 0.2) is 18.2 Å². The summed E-state index contributed by atoms with van der Waals surface area (Å²) in [6.45, 7) is 0. The van der Waals surface area contributed by atoms with E-state index >= 15 is 0 Å². The van der Waals surface area contributed by atoms with Crippen LogP contribution in [0.25, 0.3) is 5.69 Å². The van der Waals surface area contributed by atoms with Gasteiger partial charge < -0.3 is 0 Å². The lowest BCUT2D eigenvalue weighted by Gasteiger charge is -2.02. The molecule has 0 unspecified atom stereocenters. The van der Waals surface area contributed by atoms with Crippen LogP contribution in [0.5, 0.6) is 0 Å². The van der Waals surface area contributed by atoms with E-state index in [1.54, 1.807) is 6.07 Å². The van der Waals surface area contributed by atoms with Gasteiger partial charge in [-0.25, -0.2) is 9.07 Å². The highest BCUT2D eigenvalue weighted by atomic mass is 127. The average molecular weight is 322 g/mol. The lowest BCUT2D eigenvalue weighted by Crippen LogP contribution is -1.99. The molecule has 2 aromatic rings. The molecule has 0 amide bonds. The summed E-state index contributed by atoms with van der Waals surface area (Å²) < 4.78 is 15.4. The Balaban J connectivity index is 2.63. The monoisotopic (exact) mass is 322 g/mol. The molecule has 7 heteroatoms. The molecule has 0 aliphatic rings. The molecule has 0 aliphatic carbocycles. The summed E-state index contributed by atoms with van der Waals surface area (Å²) in [5.41, 5.74) is 0.738. The molecule has 0 fully saturated rings. The van der Waals surface area contributed by atoms with E-state index in [4.69, 9.17) is 12.2 Å². The van der Waals surface area contributed by atoms with Gasteiger partial charge in [-0.3, -0.25) is 0 Å². The van der Waals surface area contributed by atoms with Gasteiger partial charge in [-0.15, -0.1) is 0 Å². The first kappa shape index (κ1) is 9.71. The Hall–Kier alpha value is -0.830. The number of tetrazole rings is 1. The Morgan fingerprint density at radius 1 is 1.50 bits per heavy atom. The van der Waals surface area contributed by atoms with Crippen molar-refractivity contribution in [1.29, 1.82) is 0 Å². The van der Waals surface area contributed by atoms with Crippen molar-refractivity contribution in [2.45, 2.75) is 0 Å². The topological polar surface area (TPSA) is 46.5 Å². The zero-order valence-corrected chi connectivity index (χ0v) is 9.71. The predicted octanol–water partition coefficient (Wildman–Crippen LogP) is 2.07. The van der Waals surface area contributed by atoms with Gasteiger partial charge >= 0.3 is 0 Å². The van der Waals surface area contributed by atoms with Crippen LogP contribution in [0, 0.1) is 14.2 Å². The van der Waals surface area contributed by atoms with Crippen LogP contribution in [-0.4, -0.2) is 20.2 Å². The third-order valence-electron chi connectivity index (χ3n) is 1.62. The van der Waals surface area contributed by atoms with Gasteiger partial charge in [0.15, 0.2) is 0 Å². The van der Waals surface area contributed by atoms with Gasteiger partial charge in [0.25, 0.3) is 0 Å². The van der Waals surface area contributed by atoms with Crippen molar-refractivity contribution in [3.63, 3.8) is 0 Å². The summed E-state index contributed by atoms with van der Waals surface area (Å²) in [6, 6.07) is 4.39. The van der Waals surface area contributed by atoms with Crippen LogP contribution in [-0.2, 0) is 0 Å². The number of nitrogens with one attached hydrogen (secondary N) is 1. The molecule has 0 radical (unpaired) electrons. The molecule has 0 atom stereocenters. The minimum absolute atomic E-state index is 0.280. The third-order valence-corrected chi connectivity index (χ3v) is 2.75. The quantitative estimate of drug-likeness (QED) is 0.646. The normalized spacial score (nSPS) is 10.4. The maximum atomic E-state index is 12.8. The largest absolute Gasteiger partial charge is 0.242 e. The number of hydrogen-bond donors (Lipinski definition) is 1. The smallest absolute Gasteiger partial charge is 0.208 e. The Morgan fingerprint density at radius 2 is 2.29 bits per heavy atom. The molecule has 1 aromatic carbocycles. The van der Waals surface area contributed by atoms with Gasteiger partial charge in [0.1, 0.15) is 5.82 Å². The van der Waals surface area contributed by atoms with Gasteiger partial charge in [-0.1, -0.05) is 10.3 Å². The first-order chi connectivity index (χ1) is 6.68. The summed E-state index contributed by atoms with van der Waals surface area (Å²) in [5.74, 6) is -0.280. The summed E-state index contributed by atoms with van der Waals surface area (Å²) in [5, 5.41) is 9.79. The number of aromatic amines is 1. The second-order valence-corrected chi connectivity index (χ2v) is 4.04. The molecule has 1 N–H and O–H groups in total. The highest BCUT2D eigenvalue weighted by Crippen LogP contribution is 2.17. The molecular weight excluding hydrogens is 318 g/mol. The summed E-state index contributed by atoms with van der Waals surface area (Å²) in [7, 11) is 0. The molecule has 0 bridgehead atoms. The fourth-order valence-electron chi connectivity index (χ4n) is 1.02. The van der Waals surface area contributed by atoms with Gasteiger partial charge in [-0.2, -0.15) is 5.21 Å². The summed E-state index contributed by atoms with van der Waals surface area (Å²) in [4.78, 5) is 0. The fraction of sp³-hybridized carbons (Fsp3) is 0. The van der Waals surface area contributed by atoms with Crippen molar-refractivity contribution in [2.75, 3.05) is 0 Å². The second kappa shape index (κ2) is 3.73. The van der Waals surface area contributed by atoms with Crippen LogP contribution in [0.4, 0.5) is 4.39 Å². The lowest BCUT2D eigenvalue weighted by molar-refractivity contribution is 0.625. The average Bonchev–Trinajstić information content (AvgIpc) is 2.52. The number of H-pyrrole nitrogens is 1. The van der Waals surface area contributed by atoms with Crippen molar-refractivity contribution in [3.05, 3.63) is 32.4 Å². The van der Waals surface area contributed by atoms with E-state index in [9.17, 15) is 4.39 Å². The van der Waals surface area contributed by atoms with Crippen LogP contribution >= 0.6 is 34.8 Å². The molecule has 2 rings (SSSR count). The second-order valence-electron chi connectivity index (χ2n) is 2.51. The molecule has 14 heavy (non-hydrogen) atoms. The van der Waals surface area contributed by atoms with E-state index in [2.05, 4.69) is 15.5 Å². The zero-order valence-electron chi connectivity index (χ0n) is 6.74. The van der Waals surface area contributed by atoms with E-state index in [1.165, 1.54) is 16.8 Å². The molecular formula is C7H4FIN4S. The number of benzene rings is 1. The van der Waals surface area contributed by atoms with Gasteiger partial charge in [0, 0.05) is 3.57 Å². The first-order valence-electron chi connectivity index (χ1n) is 3.64. The Bertz CT molecular complexity index is 520. The molecule has 0 aliphatic heterocycles. The van der Waals surface area contributed by atoms with Crippen molar-refractivity contribution < 1.29 is 4.39 Å². The Kier molecular flexibility index (Phi) is 2.59. The fourth-order valence-corrected chi connectivity index (χ4v) is 1.92. The minimum Gasteiger partial charge on any atom is -0.208 e. The third kappa shape index (κ3) is 1.69. The van der Waals surface area contributed by atoms with E-state index in [1.807, 2.05) is 22.6 Å². The van der Waals surface area contributed by atoms with E-state index in [0.717, 1.165) is 9.26 Å². The highest BCUT2D eigenvalue weighted by Gasteiger charge is 2.05. The first-order valence-corrected chi connectivity index (χ1v) is 5.13. The van der Waals surface area contributed by atoms with E-state index in [0.29, 0.717) is 4.77 Å². The Labute approximate surface area is 97.3 Å². The molecule has 0 spiro atoms. The van der Waals surface area contributed by atoms with Crippen LogP contribution in [0.3, 0.4) is 0 Å². The molecule has 1 heterocycles. The van der Waals surface area contributed by atoms with E-state index in [-0.39, 0.29) is 5.82 Å².